The maximum Gasteiger partial charge on any atom is 0.251 e. The molecule has 2 amide bonds. The van der Waals surface area contributed by atoms with Gasteiger partial charge in [0.05, 0.1) is 11.9 Å². The zero-order valence-electron chi connectivity index (χ0n) is 16.1. The zero-order chi connectivity index (χ0) is 21.5. The van der Waals surface area contributed by atoms with Crippen LogP contribution in [0.15, 0.2) is 60.0 Å². The van der Waals surface area contributed by atoms with Gasteiger partial charge in [-0.25, -0.2) is 4.39 Å². The van der Waals surface area contributed by atoms with Gasteiger partial charge in [0.25, 0.3) is 5.91 Å². The van der Waals surface area contributed by atoms with Crippen molar-refractivity contribution >= 4 is 29.3 Å². The van der Waals surface area contributed by atoms with Crippen molar-refractivity contribution in [1.29, 1.82) is 0 Å². The first kappa shape index (κ1) is 21.5. The Kier molecular flexibility index (Phi) is 7.15. The van der Waals surface area contributed by atoms with E-state index in [0.717, 1.165) is 0 Å². The molecule has 0 radical (unpaired) electrons. The largest absolute Gasteiger partial charge is 0.387 e. The highest BCUT2D eigenvalue weighted by Crippen LogP contribution is 2.16. The van der Waals surface area contributed by atoms with Crippen LogP contribution in [-0.2, 0) is 11.8 Å². The minimum Gasteiger partial charge on any atom is -0.387 e. The lowest BCUT2D eigenvalue weighted by atomic mass is 10.1. The monoisotopic (exact) mass is 429 g/mol. The Bertz CT molecular complexity index is 1040. The molecule has 10 heteroatoms. The standard InChI is InChI=1S/C20H20FN5O3S/c1-26-12-23-25-20(26)30-11-18(28)24-16-7-3-5-14(9-16)19(29)22-10-17(27)13-4-2-6-15(21)8-13/h2-9,12,17,27H,10-11H2,1H3,(H,22,29)(H,24,28). The fraction of sp³-hybridized carbons (Fsp3) is 0.200. The average molecular weight is 429 g/mol. The van der Waals surface area contributed by atoms with Crippen LogP contribution < -0.4 is 10.6 Å². The molecule has 0 fully saturated rings. The molecule has 1 aromatic heterocycles. The molecule has 1 atom stereocenters. The number of carbonyl (C=O) groups is 2. The Labute approximate surface area is 176 Å². The number of aromatic nitrogens is 3. The normalized spacial score (nSPS) is 11.7. The Hall–Kier alpha value is -3.24. The van der Waals surface area contributed by atoms with Crippen molar-refractivity contribution in [3.05, 3.63) is 71.8 Å². The van der Waals surface area contributed by atoms with Crippen molar-refractivity contribution in [2.75, 3.05) is 17.6 Å². The second-order valence-electron chi connectivity index (χ2n) is 6.42. The van der Waals surface area contributed by atoms with Gasteiger partial charge in [0.2, 0.25) is 5.91 Å². The lowest BCUT2D eigenvalue weighted by molar-refractivity contribution is -0.113. The van der Waals surface area contributed by atoms with E-state index < -0.39 is 17.8 Å². The van der Waals surface area contributed by atoms with Crippen LogP contribution in [0.3, 0.4) is 0 Å². The smallest absolute Gasteiger partial charge is 0.251 e. The van der Waals surface area contributed by atoms with E-state index in [4.69, 9.17) is 0 Å². The van der Waals surface area contributed by atoms with Gasteiger partial charge in [-0.05, 0) is 35.9 Å². The topological polar surface area (TPSA) is 109 Å². The SMILES string of the molecule is Cn1cnnc1SCC(=O)Nc1cccc(C(=O)NCC(O)c2cccc(F)c2)c1. The molecule has 0 saturated heterocycles. The molecular weight excluding hydrogens is 409 g/mol. The highest BCUT2D eigenvalue weighted by Gasteiger charge is 2.13. The van der Waals surface area contributed by atoms with Crippen LogP contribution in [0, 0.1) is 5.82 Å². The van der Waals surface area contributed by atoms with Crippen LogP contribution in [0.25, 0.3) is 0 Å². The van der Waals surface area contributed by atoms with E-state index in [0.29, 0.717) is 22.0 Å². The molecule has 3 rings (SSSR count). The molecule has 2 aromatic carbocycles. The number of aryl methyl sites for hydroxylation is 1. The second-order valence-corrected chi connectivity index (χ2v) is 7.37. The van der Waals surface area contributed by atoms with Crippen molar-refractivity contribution in [2.24, 2.45) is 7.05 Å². The average Bonchev–Trinajstić information content (AvgIpc) is 3.15. The van der Waals surface area contributed by atoms with Crippen LogP contribution in [-0.4, -0.2) is 44.0 Å². The van der Waals surface area contributed by atoms with E-state index in [9.17, 15) is 19.1 Å². The number of nitrogens with zero attached hydrogens (tertiary/aromatic N) is 3. The molecule has 0 aliphatic carbocycles. The van der Waals surface area contributed by atoms with E-state index in [1.165, 1.54) is 36.0 Å². The summed E-state index contributed by atoms with van der Waals surface area (Å²) in [5.41, 5.74) is 1.16. The summed E-state index contributed by atoms with van der Waals surface area (Å²) >= 11 is 1.25. The maximum atomic E-state index is 13.3. The predicted molar refractivity (Wildman–Crippen MR) is 110 cm³/mol. The molecule has 0 spiro atoms. The minimum absolute atomic E-state index is 0.0762. The van der Waals surface area contributed by atoms with Gasteiger partial charge in [-0.15, -0.1) is 10.2 Å². The van der Waals surface area contributed by atoms with Gasteiger partial charge in [-0.2, -0.15) is 0 Å². The number of thioether (sulfide) groups is 1. The lowest BCUT2D eigenvalue weighted by Crippen LogP contribution is -2.28. The first-order valence-electron chi connectivity index (χ1n) is 9.01. The first-order chi connectivity index (χ1) is 14.4. The third kappa shape index (κ3) is 5.88. The third-order valence-electron chi connectivity index (χ3n) is 4.10. The van der Waals surface area contributed by atoms with Gasteiger partial charge >= 0.3 is 0 Å². The summed E-state index contributed by atoms with van der Waals surface area (Å²) in [4.78, 5) is 24.5. The number of anilines is 1. The highest BCUT2D eigenvalue weighted by atomic mass is 32.2. The van der Waals surface area contributed by atoms with E-state index in [-0.39, 0.29) is 18.2 Å². The highest BCUT2D eigenvalue weighted by molar-refractivity contribution is 7.99. The molecule has 156 valence electrons. The number of rotatable bonds is 8. The van der Waals surface area contributed by atoms with Crippen LogP contribution in [0.5, 0.6) is 0 Å². The second kappa shape index (κ2) is 9.99. The minimum atomic E-state index is -1.04. The zero-order valence-corrected chi connectivity index (χ0v) is 16.9. The molecule has 0 saturated carbocycles. The molecule has 0 aliphatic heterocycles. The lowest BCUT2D eigenvalue weighted by Gasteiger charge is -2.13. The number of aliphatic hydroxyl groups excluding tert-OH is 1. The number of carbonyl (C=O) groups excluding carboxylic acids is 2. The van der Waals surface area contributed by atoms with Crippen molar-refractivity contribution in [2.45, 2.75) is 11.3 Å². The number of halogens is 1. The Morgan fingerprint density at radius 1 is 1.23 bits per heavy atom. The molecule has 0 bridgehead atoms. The molecule has 1 heterocycles. The van der Waals surface area contributed by atoms with Gasteiger partial charge < -0.3 is 20.3 Å². The van der Waals surface area contributed by atoms with Gasteiger partial charge in [-0.1, -0.05) is 30.0 Å². The summed E-state index contributed by atoms with van der Waals surface area (Å²) in [6, 6.07) is 12.0. The number of nitrogens with one attached hydrogen (secondary N) is 2. The Morgan fingerprint density at radius 3 is 2.77 bits per heavy atom. The fourth-order valence-corrected chi connectivity index (χ4v) is 3.28. The first-order valence-corrected chi connectivity index (χ1v) is 9.99. The number of benzene rings is 2. The van der Waals surface area contributed by atoms with E-state index >= 15 is 0 Å². The molecule has 0 aliphatic rings. The Morgan fingerprint density at radius 2 is 2.03 bits per heavy atom. The van der Waals surface area contributed by atoms with Crippen molar-refractivity contribution in [1.82, 2.24) is 20.1 Å². The summed E-state index contributed by atoms with van der Waals surface area (Å²) < 4.78 is 15.0. The quantitative estimate of drug-likeness (QED) is 0.474. The van der Waals surface area contributed by atoms with Crippen molar-refractivity contribution < 1.29 is 19.1 Å². The van der Waals surface area contributed by atoms with Crippen molar-refractivity contribution in [3.63, 3.8) is 0 Å². The molecule has 3 N–H and O–H groups in total. The van der Waals surface area contributed by atoms with Crippen molar-refractivity contribution in [3.8, 4) is 0 Å². The summed E-state index contributed by atoms with van der Waals surface area (Å²) in [6.07, 6.45) is 0.512. The Balaban J connectivity index is 1.53. The van der Waals surface area contributed by atoms with E-state index in [1.54, 1.807) is 42.2 Å². The number of hydrogen-bond donors (Lipinski definition) is 3. The molecular formula is C20H20FN5O3S. The molecule has 8 nitrogen and oxygen atoms in total. The van der Waals surface area contributed by atoms with Crippen LogP contribution in [0.4, 0.5) is 10.1 Å². The summed E-state index contributed by atoms with van der Waals surface area (Å²) in [5, 5.41) is 23.7. The van der Waals surface area contributed by atoms with Crippen LogP contribution in [0.1, 0.15) is 22.0 Å². The number of hydrogen-bond acceptors (Lipinski definition) is 6. The van der Waals surface area contributed by atoms with E-state index in [1.807, 2.05) is 0 Å². The number of amides is 2. The number of aliphatic hydroxyl groups is 1. The van der Waals surface area contributed by atoms with Gasteiger partial charge in [-0.3, -0.25) is 9.59 Å². The molecule has 1 unspecified atom stereocenters. The maximum absolute atomic E-state index is 13.3. The van der Waals surface area contributed by atoms with E-state index in [2.05, 4.69) is 20.8 Å². The van der Waals surface area contributed by atoms with Crippen LogP contribution >= 0.6 is 11.8 Å². The fourth-order valence-electron chi connectivity index (χ4n) is 2.59. The molecule has 3 aromatic rings. The predicted octanol–water partition coefficient (Wildman–Crippen LogP) is 2.15. The third-order valence-corrected chi connectivity index (χ3v) is 5.13. The van der Waals surface area contributed by atoms with Gasteiger partial charge in [0, 0.05) is 24.8 Å². The summed E-state index contributed by atoms with van der Waals surface area (Å²) in [7, 11) is 1.79. The van der Waals surface area contributed by atoms with Gasteiger partial charge in [0.1, 0.15) is 12.1 Å². The molecule has 30 heavy (non-hydrogen) atoms. The summed E-state index contributed by atoms with van der Waals surface area (Å²) in [5.74, 6) is -0.987. The summed E-state index contributed by atoms with van der Waals surface area (Å²) in [6.45, 7) is -0.0762. The van der Waals surface area contributed by atoms with Crippen LogP contribution in [0.2, 0.25) is 0 Å². The van der Waals surface area contributed by atoms with Gasteiger partial charge in [0.15, 0.2) is 5.16 Å².